The number of aromatic nitrogens is 2. The lowest BCUT2D eigenvalue weighted by atomic mass is 9.96. The quantitative estimate of drug-likeness (QED) is 0.729. The van der Waals surface area contributed by atoms with Gasteiger partial charge in [0.2, 0.25) is 5.91 Å². The summed E-state index contributed by atoms with van der Waals surface area (Å²) in [6.07, 6.45) is 0.192. The van der Waals surface area contributed by atoms with E-state index in [0.29, 0.717) is 24.0 Å². The molecule has 0 fully saturated rings. The molecule has 5 nitrogen and oxygen atoms in total. The van der Waals surface area contributed by atoms with Gasteiger partial charge in [0.25, 0.3) is 0 Å². The molecular formula is C18H13F2N3O2. The number of carbonyl (C=O) groups excluding carboxylic acids is 2. The number of para-hydroxylation sites is 2. The van der Waals surface area contributed by atoms with Crippen LogP contribution in [0.4, 0.5) is 14.5 Å². The molecule has 0 aliphatic carbocycles. The minimum Gasteiger partial charge on any atom is -0.326 e. The maximum Gasteiger partial charge on any atom is 0.242 e. The first-order valence-electron chi connectivity index (χ1n) is 7.78. The number of amides is 1. The van der Waals surface area contributed by atoms with Crippen molar-refractivity contribution in [3.05, 3.63) is 59.9 Å². The van der Waals surface area contributed by atoms with Crippen LogP contribution in [-0.2, 0) is 16.1 Å². The van der Waals surface area contributed by atoms with Gasteiger partial charge >= 0.3 is 0 Å². The van der Waals surface area contributed by atoms with E-state index >= 15 is 0 Å². The normalized spacial score (nSPS) is 16.7. The molecule has 1 unspecified atom stereocenters. The summed E-state index contributed by atoms with van der Waals surface area (Å²) < 4.78 is 28.6. The van der Waals surface area contributed by atoms with E-state index < -0.39 is 23.5 Å². The maximum atomic E-state index is 13.8. The van der Waals surface area contributed by atoms with Crippen molar-refractivity contribution in [2.45, 2.75) is 18.9 Å². The Bertz CT molecular complexity index is 1010. The lowest BCUT2D eigenvalue weighted by Gasteiger charge is -2.22. The molecule has 1 atom stereocenters. The lowest BCUT2D eigenvalue weighted by Crippen LogP contribution is -2.34. The highest BCUT2D eigenvalue weighted by molar-refractivity contribution is 6.12. The summed E-state index contributed by atoms with van der Waals surface area (Å²) in [6, 6.07) is 10.2. The summed E-state index contributed by atoms with van der Waals surface area (Å²) in [5.74, 6) is -3.37. The number of Topliss-reactive ketones (excluding diaryl/α,β-unsaturated/α-hetero) is 1. The molecule has 1 aliphatic rings. The number of benzene rings is 2. The summed E-state index contributed by atoms with van der Waals surface area (Å²) in [4.78, 5) is 29.4. The Morgan fingerprint density at radius 3 is 2.80 bits per heavy atom. The number of hydrogen-bond donors (Lipinski definition) is 1. The minimum absolute atomic E-state index is 0.174. The first kappa shape index (κ1) is 15.4. The number of carbonyl (C=O) groups is 2. The van der Waals surface area contributed by atoms with Crippen molar-refractivity contribution >= 4 is 28.4 Å². The second-order valence-corrected chi connectivity index (χ2v) is 5.87. The maximum absolute atomic E-state index is 13.8. The number of nitrogens with zero attached hydrogens (tertiary/aromatic N) is 2. The molecule has 4 rings (SSSR count). The van der Waals surface area contributed by atoms with E-state index in [4.69, 9.17) is 0 Å². The molecule has 0 saturated heterocycles. The number of imidazole rings is 1. The van der Waals surface area contributed by atoms with E-state index in [1.165, 1.54) is 0 Å². The van der Waals surface area contributed by atoms with Gasteiger partial charge in [-0.2, -0.15) is 0 Å². The monoisotopic (exact) mass is 341 g/mol. The molecule has 0 saturated carbocycles. The van der Waals surface area contributed by atoms with Crippen LogP contribution < -0.4 is 5.32 Å². The molecule has 2 aromatic carbocycles. The van der Waals surface area contributed by atoms with E-state index in [0.717, 1.165) is 17.6 Å². The number of rotatable bonds is 2. The fourth-order valence-electron chi connectivity index (χ4n) is 3.12. The SMILES string of the molecule is O=C1CCn2c(nc3ccccc32)C1C(=O)Nc1ccc(F)cc1F. The molecule has 7 heteroatoms. The lowest BCUT2D eigenvalue weighted by molar-refractivity contribution is -0.128. The van der Waals surface area contributed by atoms with Gasteiger partial charge in [-0.1, -0.05) is 12.1 Å². The molecule has 1 aliphatic heterocycles. The number of nitrogens with one attached hydrogen (secondary N) is 1. The van der Waals surface area contributed by atoms with Gasteiger partial charge in [0.1, 0.15) is 17.5 Å². The largest absolute Gasteiger partial charge is 0.326 e. The number of ketones is 1. The van der Waals surface area contributed by atoms with Gasteiger partial charge in [0, 0.05) is 19.0 Å². The van der Waals surface area contributed by atoms with Gasteiger partial charge in [-0.3, -0.25) is 9.59 Å². The van der Waals surface area contributed by atoms with Crippen LogP contribution in [0, 0.1) is 11.6 Å². The molecular weight excluding hydrogens is 328 g/mol. The van der Waals surface area contributed by atoms with Crippen LogP contribution in [0.1, 0.15) is 18.2 Å². The molecule has 126 valence electrons. The number of hydrogen-bond acceptors (Lipinski definition) is 3. The van der Waals surface area contributed by atoms with Crippen molar-refractivity contribution in [1.29, 1.82) is 0 Å². The summed E-state index contributed by atoms with van der Waals surface area (Å²) in [5.41, 5.74) is 1.36. The molecule has 25 heavy (non-hydrogen) atoms. The van der Waals surface area contributed by atoms with Gasteiger partial charge in [0.15, 0.2) is 11.7 Å². The molecule has 2 heterocycles. The zero-order valence-electron chi connectivity index (χ0n) is 13.0. The van der Waals surface area contributed by atoms with Gasteiger partial charge in [0.05, 0.1) is 16.7 Å². The average molecular weight is 341 g/mol. The van der Waals surface area contributed by atoms with Crippen LogP contribution in [0.5, 0.6) is 0 Å². The second kappa shape index (κ2) is 5.77. The van der Waals surface area contributed by atoms with Crippen molar-refractivity contribution in [2.24, 2.45) is 0 Å². The number of aryl methyl sites for hydroxylation is 1. The van der Waals surface area contributed by atoms with E-state index in [1.54, 1.807) is 6.07 Å². The Hall–Kier alpha value is -3.09. The summed E-state index contributed by atoms with van der Waals surface area (Å²) in [6.45, 7) is 0.448. The number of halogens is 2. The predicted octanol–water partition coefficient (Wildman–Crippen LogP) is 3.01. The van der Waals surface area contributed by atoms with Crippen LogP contribution in [0.15, 0.2) is 42.5 Å². The van der Waals surface area contributed by atoms with Gasteiger partial charge in [-0.05, 0) is 24.3 Å². The third kappa shape index (κ3) is 2.57. The minimum atomic E-state index is -1.12. The zero-order valence-corrected chi connectivity index (χ0v) is 13.0. The highest BCUT2D eigenvalue weighted by Gasteiger charge is 2.36. The highest BCUT2D eigenvalue weighted by Crippen LogP contribution is 2.29. The Morgan fingerprint density at radius 1 is 1.20 bits per heavy atom. The zero-order chi connectivity index (χ0) is 17.6. The molecule has 0 spiro atoms. The van der Waals surface area contributed by atoms with Gasteiger partial charge < -0.3 is 9.88 Å². The molecule has 0 radical (unpaired) electrons. The van der Waals surface area contributed by atoms with Gasteiger partial charge in [-0.25, -0.2) is 13.8 Å². The smallest absolute Gasteiger partial charge is 0.242 e. The van der Waals surface area contributed by atoms with Crippen molar-refractivity contribution in [1.82, 2.24) is 9.55 Å². The van der Waals surface area contributed by atoms with Crippen LogP contribution in [0.2, 0.25) is 0 Å². The molecule has 0 bridgehead atoms. The number of fused-ring (bicyclic) bond motifs is 3. The van der Waals surface area contributed by atoms with Crippen molar-refractivity contribution in [2.75, 3.05) is 5.32 Å². The fourth-order valence-corrected chi connectivity index (χ4v) is 3.12. The summed E-state index contributed by atoms with van der Waals surface area (Å²) >= 11 is 0. The molecule has 3 aromatic rings. The Kier molecular flexibility index (Phi) is 3.56. The van der Waals surface area contributed by atoms with E-state index in [9.17, 15) is 18.4 Å². The van der Waals surface area contributed by atoms with Crippen LogP contribution in [0.25, 0.3) is 11.0 Å². The van der Waals surface area contributed by atoms with Crippen LogP contribution in [0.3, 0.4) is 0 Å². The fraction of sp³-hybridized carbons (Fsp3) is 0.167. The van der Waals surface area contributed by atoms with Crippen molar-refractivity contribution < 1.29 is 18.4 Å². The Labute approximate surface area is 141 Å². The van der Waals surface area contributed by atoms with E-state index in [2.05, 4.69) is 10.3 Å². The topological polar surface area (TPSA) is 64.0 Å². The molecule has 1 aromatic heterocycles. The summed E-state index contributed by atoms with van der Waals surface area (Å²) in [5, 5.41) is 2.37. The Balaban J connectivity index is 1.72. The summed E-state index contributed by atoms with van der Waals surface area (Å²) in [7, 11) is 0. The second-order valence-electron chi connectivity index (χ2n) is 5.87. The first-order chi connectivity index (χ1) is 12.0. The Morgan fingerprint density at radius 2 is 2.00 bits per heavy atom. The van der Waals surface area contributed by atoms with Crippen LogP contribution in [-0.4, -0.2) is 21.2 Å². The third-order valence-electron chi connectivity index (χ3n) is 4.30. The highest BCUT2D eigenvalue weighted by atomic mass is 19.1. The average Bonchev–Trinajstić information content (AvgIpc) is 2.95. The van der Waals surface area contributed by atoms with Crippen molar-refractivity contribution in [3.8, 4) is 0 Å². The molecule has 1 amide bonds. The van der Waals surface area contributed by atoms with E-state index in [-0.39, 0.29) is 17.9 Å². The first-order valence-corrected chi connectivity index (χ1v) is 7.78. The number of anilines is 1. The standard InChI is InChI=1S/C18H13F2N3O2/c19-10-5-6-12(11(20)9-10)22-18(25)16-15(24)7-8-23-14-4-2-1-3-13(14)21-17(16)23/h1-6,9,16H,7-8H2,(H,22,25). The third-order valence-corrected chi connectivity index (χ3v) is 4.30. The predicted molar refractivity (Wildman–Crippen MR) is 87.1 cm³/mol. The van der Waals surface area contributed by atoms with Gasteiger partial charge in [-0.15, -0.1) is 0 Å². The van der Waals surface area contributed by atoms with E-state index in [1.807, 2.05) is 22.8 Å². The van der Waals surface area contributed by atoms with Crippen molar-refractivity contribution in [3.63, 3.8) is 0 Å². The van der Waals surface area contributed by atoms with Crippen LogP contribution >= 0.6 is 0 Å². The molecule has 1 N–H and O–H groups in total.